The molecular formula is C22H28N4O2S. The van der Waals surface area contributed by atoms with E-state index < -0.39 is 0 Å². The highest BCUT2D eigenvalue weighted by Gasteiger charge is 2.22. The molecule has 2 atom stereocenters. The van der Waals surface area contributed by atoms with Crippen LogP contribution >= 0.6 is 12.2 Å². The lowest BCUT2D eigenvalue weighted by molar-refractivity contribution is 0.171. The predicted octanol–water partition coefficient (Wildman–Crippen LogP) is 3.82. The lowest BCUT2D eigenvalue weighted by atomic mass is 9.92. The average molecular weight is 413 g/mol. The van der Waals surface area contributed by atoms with Gasteiger partial charge >= 0.3 is 0 Å². The zero-order valence-corrected chi connectivity index (χ0v) is 17.8. The van der Waals surface area contributed by atoms with Crippen LogP contribution in [0.3, 0.4) is 0 Å². The largest absolute Gasteiger partial charge is 0.486 e. The Hall–Kier alpha value is -2.54. The monoisotopic (exact) mass is 412 g/mol. The van der Waals surface area contributed by atoms with Gasteiger partial charge < -0.3 is 25.0 Å². The third-order valence-corrected chi connectivity index (χ3v) is 5.50. The zero-order valence-electron chi connectivity index (χ0n) is 17.0. The molecule has 2 aliphatic heterocycles. The molecule has 0 radical (unpaired) electrons. The summed E-state index contributed by atoms with van der Waals surface area (Å²) in [6, 6.07) is 10.0. The maximum atomic E-state index is 5.63. The number of rotatable bonds is 4. The Morgan fingerprint density at radius 1 is 1.10 bits per heavy atom. The van der Waals surface area contributed by atoms with Crippen LogP contribution in [-0.4, -0.2) is 36.4 Å². The Balaban J connectivity index is 1.29. The lowest BCUT2D eigenvalue weighted by Gasteiger charge is -2.35. The molecule has 29 heavy (non-hydrogen) atoms. The van der Waals surface area contributed by atoms with Crippen LogP contribution in [0.25, 0.3) is 0 Å². The highest BCUT2D eigenvalue weighted by Crippen LogP contribution is 2.30. The Morgan fingerprint density at radius 2 is 1.86 bits per heavy atom. The molecule has 0 aliphatic carbocycles. The molecular weight excluding hydrogens is 384 g/mol. The zero-order chi connectivity index (χ0) is 20.2. The molecule has 0 unspecified atom stereocenters. The summed E-state index contributed by atoms with van der Waals surface area (Å²) in [5.74, 6) is 4.02. The number of nitrogens with zero attached hydrogens (tertiary/aromatic N) is 2. The van der Waals surface area contributed by atoms with Gasteiger partial charge in [-0.05, 0) is 60.3 Å². The third-order valence-electron chi connectivity index (χ3n) is 5.26. The lowest BCUT2D eigenvalue weighted by Crippen LogP contribution is -2.39. The number of hydrogen-bond donors (Lipinski definition) is 2. The molecule has 7 heteroatoms. The number of hydrogen-bond acceptors (Lipinski definition) is 5. The molecule has 6 nitrogen and oxygen atoms in total. The van der Waals surface area contributed by atoms with Gasteiger partial charge in [0.25, 0.3) is 0 Å². The van der Waals surface area contributed by atoms with E-state index in [0.29, 0.717) is 36.7 Å². The molecule has 1 aromatic heterocycles. The standard InChI is InChI=1S/C22H28N4O2S/c1-15-9-16(2)14-26(13-15)21-6-4-18(12-23-21)25-22(29)24-11-17-3-5-19-20(10-17)28-8-7-27-19/h3-6,10,12,15-16H,7-9,11,13-14H2,1-2H3,(H2,24,25,29)/t15-,16+. The SMILES string of the molecule is C[C@@H]1C[C@H](C)CN(c2ccc(NC(=S)NCc3ccc4c(c3)OCCO4)cn2)C1. The predicted molar refractivity (Wildman–Crippen MR) is 120 cm³/mol. The van der Waals surface area contributed by atoms with Crippen LogP contribution in [0.4, 0.5) is 11.5 Å². The molecule has 154 valence electrons. The number of piperidine rings is 1. The summed E-state index contributed by atoms with van der Waals surface area (Å²) >= 11 is 5.43. The van der Waals surface area contributed by atoms with Crippen LogP contribution in [0.5, 0.6) is 11.5 Å². The molecule has 1 fully saturated rings. The summed E-state index contributed by atoms with van der Waals surface area (Å²) in [5.41, 5.74) is 1.96. The van der Waals surface area contributed by atoms with Crippen LogP contribution in [0.2, 0.25) is 0 Å². The second-order valence-electron chi connectivity index (χ2n) is 8.04. The first kappa shape index (κ1) is 19.8. The molecule has 4 rings (SSSR count). The van der Waals surface area contributed by atoms with Gasteiger partial charge in [0.2, 0.25) is 0 Å². The second kappa shape index (κ2) is 8.86. The van der Waals surface area contributed by atoms with Gasteiger partial charge in [-0.25, -0.2) is 4.98 Å². The van der Waals surface area contributed by atoms with E-state index in [1.165, 1.54) is 6.42 Å². The van der Waals surface area contributed by atoms with E-state index in [2.05, 4.69) is 40.4 Å². The first-order chi connectivity index (χ1) is 14.1. The fourth-order valence-electron chi connectivity index (χ4n) is 4.05. The minimum absolute atomic E-state index is 0.564. The van der Waals surface area contributed by atoms with Crippen molar-refractivity contribution < 1.29 is 9.47 Å². The first-order valence-corrected chi connectivity index (χ1v) is 10.6. The van der Waals surface area contributed by atoms with E-state index in [-0.39, 0.29) is 0 Å². The third kappa shape index (κ3) is 5.09. The van der Waals surface area contributed by atoms with Crippen LogP contribution in [0.15, 0.2) is 36.5 Å². The number of benzene rings is 1. The summed E-state index contributed by atoms with van der Waals surface area (Å²) in [4.78, 5) is 7.01. The smallest absolute Gasteiger partial charge is 0.171 e. The van der Waals surface area contributed by atoms with Crippen LogP contribution < -0.4 is 25.0 Å². The maximum Gasteiger partial charge on any atom is 0.171 e. The van der Waals surface area contributed by atoms with Crippen molar-refractivity contribution in [2.45, 2.75) is 26.8 Å². The Morgan fingerprint density at radius 3 is 2.59 bits per heavy atom. The number of aromatic nitrogens is 1. The van der Waals surface area contributed by atoms with Crippen molar-refractivity contribution in [3.8, 4) is 11.5 Å². The van der Waals surface area contributed by atoms with E-state index in [1.54, 1.807) is 0 Å². The van der Waals surface area contributed by atoms with Crippen molar-refractivity contribution in [1.29, 1.82) is 0 Å². The van der Waals surface area contributed by atoms with Crippen molar-refractivity contribution in [1.82, 2.24) is 10.3 Å². The van der Waals surface area contributed by atoms with E-state index in [9.17, 15) is 0 Å². The quantitative estimate of drug-likeness (QED) is 0.740. The summed E-state index contributed by atoms with van der Waals surface area (Å²) in [5, 5.41) is 7.00. The maximum absolute atomic E-state index is 5.63. The Labute approximate surface area is 177 Å². The molecule has 0 bridgehead atoms. The minimum Gasteiger partial charge on any atom is -0.486 e. The number of nitrogens with one attached hydrogen (secondary N) is 2. The normalized spacial score (nSPS) is 20.8. The molecule has 2 N–H and O–H groups in total. The van der Waals surface area contributed by atoms with Crippen molar-refractivity contribution in [2.24, 2.45) is 11.8 Å². The first-order valence-electron chi connectivity index (χ1n) is 10.2. The van der Waals surface area contributed by atoms with Crippen molar-refractivity contribution >= 4 is 28.8 Å². The van der Waals surface area contributed by atoms with E-state index in [0.717, 1.165) is 41.7 Å². The van der Waals surface area contributed by atoms with Crippen molar-refractivity contribution in [2.75, 3.05) is 36.5 Å². The van der Waals surface area contributed by atoms with Gasteiger partial charge in [0.1, 0.15) is 19.0 Å². The van der Waals surface area contributed by atoms with Gasteiger partial charge in [-0.15, -0.1) is 0 Å². The number of ether oxygens (including phenoxy) is 2. The van der Waals surface area contributed by atoms with Gasteiger partial charge in [0.15, 0.2) is 16.6 Å². The average Bonchev–Trinajstić information content (AvgIpc) is 2.72. The minimum atomic E-state index is 0.564. The number of thiocarbonyl (C=S) groups is 1. The van der Waals surface area contributed by atoms with Crippen molar-refractivity contribution in [3.05, 3.63) is 42.1 Å². The number of fused-ring (bicyclic) bond motifs is 1. The Kier molecular flexibility index (Phi) is 6.04. The summed E-state index contributed by atoms with van der Waals surface area (Å²) in [6.45, 7) is 8.55. The highest BCUT2D eigenvalue weighted by molar-refractivity contribution is 7.80. The van der Waals surface area contributed by atoms with E-state index in [1.807, 2.05) is 30.5 Å². The van der Waals surface area contributed by atoms with Crippen molar-refractivity contribution in [3.63, 3.8) is 0 Å². The summed E-state index contributed by atoms with van der Waals surface area (Å²) in [7, 11) is 0. The van der Waals surface area contributed by atoms with Crippen LogP contribution in [-0.2, 0) is 6.54 Å². The topological polar surface area (TPSA) is 58.7 Å². The number of anilines is 2. The molecule has 0 spiro atoms. The number of pyridine rings is 1. The molecule has 3 heterocycles. The van der Waals surface area contributed by atoms with Gasteiger partial charge in [0, 0.05) is 19.6 Å². The summed E-state index contributed by atoms with van der Waals surface area (Å²) < 4.78 is 11.2. The van der Waals surface area contributed by atoms with Crippen LogP contribution in [0, 0.1) is 11.8 Å². The van der Waals surface area contributed by atoms with Gasteiger partial charge in [-0.2, -0.15) is 0 Å². The van der Waals surface area contributed by atoms with E-state index >= 15 is 0 Å². The fraction of sp³-hybridized carbons (Fsp3) is 0.455. The molecule has 0 amide bonds. The van der Waals surface area contributed by atoms with Crippen LogP contribution in [0.1, 0.15) is 25.8 Å². The van der Waals surface area contributed by atoms with Gasteiger partial charge in [0.05, 0.1) is 11.9 Å². The molecule has 0 saturated carbocycles. The van der Waals surface area contributed by atoms with Gasteiger partial charge in [-0.1, -0.05) is 19.9 Å². The second-order valence-corrected chi connectivity index (χ2v) is 8.45. The fourth-order valence-corrected chi connectivity index (χ4v) is 4.24. The molecule has 2 aromatic rings. The summed E-state index contributed by atoms with van der Waals surface area (Å²) in [6.07, 6.45) is 3.14. The Bertz CT molecular complexity index is 848. The highest BCUT2D eigenvalue weighted by atomic mass is 32.1. The molecule has 1 aromatic carbocycles. The van der Waals surface area contributed by atoms with Gasteiger partial charge in [-0.3, -0.25) is 0 Å². The molecule has 1 saturated heterocycles. The van der Waals surface area contributed by atoms with E-state index in [4.69, 9.17) is 21.7 Å². The molecule has 2 aliphatic rings.